The summed E-state index contributed by atoms with van der Waals surface area (Å²) in [5.41, 5.74) is 1.00. The molecule has 0 amide bonds. The van der Waals surface area contributed by atoms with Crippen molar-refractivity contribution < 1.29 is 27.0 Å². The zero-order chi connectivity index (χ0) is 25.4. The number of rotatable bonds is 7. The number of alkyl halides is 3. The minimum atomic E-state index is -4.58. The molecule has 1 saturated carbocycles. The van der Waals surface area contributed by atoms with Gasteiger partial charge in [-0.2, -0.15) is 18.2 Å². The van der Waals surface area contributed by atoms with Crippen LogP contribution >= 0.6 is 11.6 Å². The fourth-order valence-electron chi connectivity index (χ4n) is 4.92. The lowest BCUT2D eigenvalue weighted by Crippen LogP contribution is -2.48. The molecule has 1 N–H and O–H groups in total. The smallest absolute Gasteiger partial charge is 0.408 e. The molecule has 3 atom stereocenters. The number of ether oxygens (including phenoxy) is 2. The van der Waals surface area contributed by atoms with Gasteiger partial charge in [-0.25, -0.2) is 14.1 Å². The molecule has 13 heteroatoms. The number of aromatic nitrogens is 4. The van der Waals surface area contributed by atoms with Crippen LogP contribution in [0.1, 0.15) is 12.8 Å². The van der Waals surface area contributed by atoms with E-state index >= 15 is 0 Å². The van der Waals surface area contributed by atoms with Crippen LogP contribution in [0, 0.1) is 17.7 Å². The Morgan fingerprint density at radius 2 is 1.92 bits per heavy atom. The molecule has 0 spiro atoms. The van der Waals surface area contributed by atoms with E-state index < -0.39 is 24.5 Å². The highest BCUT2D eigenvalue weighted by Crippen LogP contribution is 2.40. The summed E-state index contributed by atoms with van der Waals surface area (Å²) in [7, 11) is 1.57. The highest BCUT2D eigenvalue weighted by Gasteiger charge is 2.43. The van der Waals surface area contributed by atoms with Gasteiger partial charge in [0.15, 0.2) is 11.6 Å². The lowest BCUT2D eigenvalue weighted by Gasteiger charge is -2.39. The average molecular weight is 527 g/mol. The van der Waals surface area contributed by atoms with Crippen molar-refractivity contribution in [1.29, 1.82) is 0 Å². The van der Waals surface area contributed by atoms with Crippen molar-refractivity contribution in [3.8, 4) is 17.6 Å². The van der Waals surface area contributed by atoms with E-state index in [9.17, 15) is 17.6 Å². The first kappa shape index (κ1) is 24.4. The SMILES string of the molecule is COc1cc(N2C[C@H]3CC[C@@H](C2)[C@H]3Nc2nc(Oc3cccc(Cl)c3F)n(CC(F)(F)F)n2)ccn1. The van der Waals surface area contributed by atoms with E-state index in [0.29, 0.717) is 10.6 Å². The van der Waals surface area contributed by atoms with Crippen molar-refractivity contribution in [2.24, 2.45) is 11.8 Å². The maximum Gasteiger partial charge on any atom is 0.408 e. The Balaban J connectivity index is 1.35. The number of fused-ring (bicyclic) bond motifs is 2. The topological polar surface area (TPSA) is 77.3 Å². The molecule has 3 heterocycles. The Labute approximate surface area is 209 Å². The number of nitrogens with one attached hydrogen (secondary N) is 1. The molecular weight excluding hydrogens is 504 g/mol. The Kier molecular flexibility index (Phi) is 6.54. The summed E-state index contributed by atoms with van der Waals surface area (Å²) in [6.45, 7) is 0.0672. The van der Waals surface area contributed by atoms with E-state index in [-0.39, 0.29) is 34.6 Å². The first-order chi connectivity index (χ1) is 17.2. The fraction of sp³-hybridized carbons (Fsp3) is 0.435. The lowest BCUT2D eigenvalue weighted by molar-refractivity contribution is -0.143. The van der Waals surface area contributed by atoms with Gasteiger partial charge < -0.3 is 19.7 Å². The van der Waals surface area contributed by atoms with Crippen LogP contribution in [0.3, 0.4) is 0 Å². The number of hydrogen-bond acceptors (Lipinski definition) is 7. The van der Waals surface area contributed by atoms with Crippen molar-refractivity contribution in [2.45, 2.75) is 31.6 Å². The fourth-order valence-corrected chi connectivity index (χ4v) is 5.09. The van der Waals surface area contributed by atoms with Crippen LogP contribution < -0.4 is 19.7 Å². The zero-order valence-corrected chi connectivity index (χ0v) is 19.9. The molecule has 2 bridgehead atoms. The van der Waals surface area contributed by atoms with Crippen LogP contribution in [0.5, 0.6) is 17.6 Å². The van der Waals surface area contributed by atoms with Crippen LogP contribution in [0.4, 0.5) is 29.2 Å². The summed E-state index contributed by atoms with van der Waals surface area (Å²) in [4.78, 5) is 10.5. The molecule has 1 aromatic carbocycles. The summed E-state index contributed by atoms with van der Waals surface area (Å²) in [5, 5.41) is 6.99. The molecule has 1 aliphatic heterocycles. The standard InChI is InChI=1S/C23H23ClF4N6O2/c1-35-18-9-15(7-8-29-18)33-10-13-5-6-14(11-33)20(13)30-21-31-22(34(32-21)12-23(26,27)28)36-17-4-2-3-16(24)19(17)25/h2-4,7-9,13-14,20H,5-6,10-12H2,1H3,(H,30,32)/t13-,14+,20+. The van der Waals surface area contributed by atoms with E-state index in [4.69, 9.17) is 21.1 Å². The van der Waals surface area contributed by atoms with E-state index in [0.717, 1.165) is 31.6 Å². The summed E-state index contributed by atoms with van der Waals surface area (Å²) in [5.74, 6) is -0.250. The van der Waals surface area contributed by atoms with Crippen molar-refractivity contribution >= 4 is 23.2 Å². The minimum absolute atomic E-state index is 0.00221. The zero-order valence-electron chi connectivity index (χ0n) is 19.2. The molecule has 0 unspecified atom stereocenters. The predicted octanol–water partition coefficient (Wildman–Crippen LogP) is 5.16. The average Bonchev–Trinajstić information content (AvgIpc) is 3.29. The van der Waals surface area contributed by atoms with Crippen molar-refractivity contribution in [1.82, 2.24) is 19.7 Å². The maximum atomic E-state index is 14.3. The van der Waals surface area contributed by atoms with Gasteiger partial charge in [0.25, 0.3) is 0 Å². The lowest BCUT2D eigenvalue weighted by atomic mass is 9.92. The van der Waals surface area contributed by atoms with Gasteiger partial charge in [0.2, 0.25) is 11.8 Å². The van der Waals surface area contributed by atoms with Crippen molar-refractivity contribution in [3.05, 3.63) is 47.4 Å². The molecule has 2 fully saturated rings. The minimum Gasteiger partial charge on any atom is -0.481 e. The third kappa shape index (κ3) is 5.13. The van der Waals surface area contributed by atoms with Gasteiger partial charge in [-0.05, 0) is 42.9 Å². The molecule has 1 saturated heterocycles. The van der Waals surface area contributed by atoms with Crippen LogP contribution in [-0.4, -0.2) is 52.2 Å². The van der Waals surface area contributed by atoms with Gasteiger partial charge in [-0.15, -0.1) is 5.10 Å². The van der Waals surface area contributed by atoms with Crippen LogP contribution in [-0.2, 0) is 6.54 Å². The van der Waals surface area contributed by atoms with Gasteiger partial charge in [0.1, 0.15) is 6.54 Å². The molecule has 5 rings (SSSR count). The van der Waals surface area contributed by atoms with Crippen LogP contribution in [0.25, 0.3) is 0 Å². The summed E-state index contributed by atoms with van der Waals surface area (Å²) in [6, 6.07) is 7.29. The Bertz CT molecular complexity index is 1230. The molecule has 1 aliphatic carbocycles. The summed E-state index contributed by atoms with van der Waals surface area (Å²) < 4.78 is 65.0. The number of anilines is 2. The van der Waals surface area contributed by atoms with Crippen LogP contribution in [0.2, 0.25) is 5.02 Å². The number of benzene rings is 1. The predicted molar refractivity (Wildman–Crippen MR) is 124 cm³/mol. The molecule has 3 aromatic rings. The van der Waals surface area contributed by atoms with Gasteiger partial charge in [-0.3, -0.25) is 0 Å². The first-order valence-electron chi connectivity index (χ1n) is 11.3. The van der Waals surface area contributed by atoms with Gasteiger partial charge >= 0.3 is 12.2 Å². The largest absolute Gasteiger partial charge is 0.481 e. The Hall–Kier alpha value is -3.28. The van der Waals surface area contributed by atoms with E-state index in [2.05, 4.69) is 25.3 Å². The second-order valence-corrected chi connectivity index (χ2v) is 9.28. The van der Waals surface area contributed by atoms with Crippen molar-refractivity contribution in [3.63, 3.8) is 0 Å². The van der Waals surface area contributed by atoms with Gasteiger partial charge in [-0.1, -0.05) is 17.7 Å². The van der Waals surface area contributed by atoms with Gasteiger partial charge in [0.05, 0.1) is 12.1 Å². The number of hydrogen-bond donors (Lipinski definition) is 1. The second kappa shape index (κ2) is 9.64. The Morgan fingerprint density at radius 3 is 2.61 bits per heavy atom. The van der Waals surface area contributed by atoms with Gasteiger partial charge in [0, 0.05) is 37.1 Å². The van der Waals surface area contributed by atoms with E-state index in [1.54, 1.807) is 13.3 Å². The summed E-state index contributed by atoms with van der Waals surface area (Å²) >= 11 is 5.77. The summed E-state index contributed by atoms with van der Waals surface area (Å²) in [6.07, 6.45) is -0.962. The first-order valence-corrected chi connectivity index (χ1v) is 11.7. The van der Waals surface area contributed by atoms with E-state index in [1.165, 1.54) is 18.2 Å². The highest BCUT2D eigenvalue weighted by molar-refractivity contribution is 6.30. The van der Waals surface area contributed by atoms with Crippen LogP contribution in [0.15, 0.2) is 36.5 Å². The molecule has 36 heavy (non-hydrogen) atoms. The molecular formula is C23H23ClF4N6O2. The Morgan fingerprint density at radius 1 is 1.17 bits per heavy atom. The molecule has 2 aliphatic rings. The number of halogens is 5. The molecule has 2 aromatic heterocycles. The third-order valence-corrected chi connectivity index (χ3v) is 6.80. The number of pyridine rings is 1. The number of piperidine rings is 1. The monoisotopic (exact) mass is 526 g/mol. The quantitative estimate of drug-likeness (QED) is 0.426. The molecule has 192 valence electrons. The molecule has 8 nitrogen and oxygen atoms in total. The maximum absolute atomic E-state index is 14.3. The number of methoxy groups -OCH3 is 1. The second-order valence-electron chi connectivity index (χ2n) is 8.87. The third-order valence-electron chi connectivity index (χ3n) is 6.51. The van der Waals surface area contributed by atoms with E-state index in [1.807, 2.05) is 12.1 Å². The van der Waals surface area contributed by atoms with Crippen molar-refractivity contribution in [2.75, 3.05) is 30.4 Å². The molecule has 0 radical (unpaired) electrons. The number of nitrogens with zero attached hydrogens (tertiary/aromatic N) is 5. The normalized spacial score (nSPS) is 21.5. The highest BCUT2D eigenvalue weighted by atomic mass is 35.5.